The van der Waals surface area contributed by atoms with Crippen LogP contribution in [0.25, 0.3) is 16.6 Å². The molecule has 0 fully saturated rings. The largest absolute Gasteiger partial charge is 0.394 e. The van der Waals surface area contributed by atoms with E-state index >= 15 is 0 Å². The minimum Gasteiger partial charge on any atom is -0.394 e. The second kappa shape index (κ2) is 8.27. The van der Waals surface area contributed by atoms with E-state index in [1.54, 1.807) is 38.1 Å². The van der Waals surface area contributed by atoms with Crippen LogP contribution in [0.1, 0.15) is 18.1 Å². The van der Waals surface area contributed by atoms with Crippen LogP contribution >= 0.6 is 0 Å². The van der Waals surface area contributed by atoms with E-state index in [1.165, 1.54) is 27.7 Å². The highest BCUT2D eigenvalue weighted by atomic mass is 19.1. The number of nitrogens with zero attached hydrogens (tertiary/aromatic N) is 4. The Kier molecular flexibility index (Phi) is 5.51. The molecule has 1 unspecified atom stereocenters. The quantitative estimate of drug-likeness (QED) is 0.496. The fourth-order valence-corrected chi connectivity index (χ4v) is 3.46. The van der Waals surface area contributed by atoms with E-state index in [0.717, 1.165) is 6.20 Å². The molecule has 0 aliphatic carbocycles. The smallest absolute Gasteiger partial charge is 0.266 e. The van der Waals surface area contributed by atoms with E-state index in [9.17, 15) is 18.7 Å². The van der Waals surface area contributed by atoms with Crippen molar-refractivity contribution in [2.24, 2.45) is 0 Å². The number of halogens is 2. The molecule has 0 amide bonds. The predicted octanol–water partition coefficient (Wildman–Crippen LogP) is 3.01. The normalized spacial score (nSPS) is 12.3. The van der Waals surface area contributed by atoms with Crippen LogP contribution in [-0.4, -0.2) is 37.1 Å². The molecule has 1 aromatic carbocycles. The van der Waals surface area contributed by atoms with Crippen molar-refractivity contribution in [3.05, 3.63) is 82.0 Å². The van der Waals surface area contributed by atoms with Gasteiger partial charge in [-0.15, -0.1) is 0 Å². The number of aliphatic hydroxyl groups is 1. The molecule has 0 aliphatic heterocycles. The molecule has 0 bridgehead atoms. The van der Waals surface area contributed by atoms with E-state index in [-0.39, 0.29) is 36.1 Å². The Morgan fingerprint density at radius 2 is 1.94 bits per heavy atom. The molecule has 0 aliphatic rings. The lowest BCUT2D eigenvalue weighted by Crippen LogP contribution is -2.23. The molecular weight excluding hydrogens is 404 g/mol. The number of nitrogens with one attached hydrogen (secondary N) is 1. The zero-order valence-corrected chi connectivity index (χ0v) is 17.0. The first-order valence-electron chi connectivity index (χ1n) is 9.74. The van der Waals surface area contributed by atoms with Gasteiger partial charge in [-0.05, 0) is 26.0 Å². The van der Waals surface area contributed by atoms with E-state index in [2.05, 4.69) is 15.4 Å². The lowest BCUT2D eigenvalue weighted by atomic mass is 10.2. The van der Waals surface area contributed by atoms with E-state index in [0.29, 0.717) is 22.5 Å². The topological polar surface area (TPSA) is 85.0 Å². The molecule has 0 spiro atoms. The number of aromatic nitrogens is 4. The van der Waals surface area contributed by atoms with Crippen molar-refractivity contribution in [3.63, 3.8) is 0 Å². The van der Waals surface area contributed by atoms with Gasteiger partial charge < -0.3 is 10.4 Å². The van der Waals surface area contributed by atoms with Gasteiger partial charge in [0, 0.05) is 23.4 Å². The molecule has 3 aromatic heterocycles. The summed E-state index contributed by atoms with van der Waals surface area (Å²) in [6.45, 7) is 3.44. The second-order valence-electron chi connectivity index (χ2n) is 7.34. The number of pyridine rings is 2. The number of fused-ring (bicyclic) bond motifs is 1. The molecule has 0 radical (unpaired) electrons. The SMILES string of the molecule is Cc1c(NC(C)CO)ncc(F)c1-n1ccc2c(cnn2Cc2ccccc2F)c1=O. The Morgan fingerprint density at radius 1 is 1.16 bits per heavy atom. The summed E-state index contributed by atoms with van der Waals surface area (Å²) in [7, 11) is 0. The van der Waals surface area contributed by atoms with Crippen molar-refractivity contribution < 1.29 is 13.9 Å². The van der Waals surface area contributed by atoms with Gasteiger partial charge in [-0.2, -0.15) is 5.10 Å². The second-order valence-corrected chi connectivity index (χ2v) is 7.34. The molecule has 9 heteroatoms. The van der Waals surface area contributed by atoms with Gasteiger partial charge in [-0.25, -0.2) is 13.8 Å². The summed E-state index contributed by atoms with van der Waals surface area (Å²) in [5.41, 5.74) is 1.01. The van der Waals surface area contributed by atoms with Crippen molar-refractivity contribution >= 4 is 16.7 Å². The highest BCUT2D eigenvalue weighted by Crippen LogP contribution is 2.24. The summed E-state index contributed by atoms with van der Waals surface area (Å²) in [6.07, 6.45) is 3.90. The van der Waals surface area contributed by atoms with Crippen molar-refractivity contribution in [1.29, 1.82) is 0 Å². The number of anilines is 1. The van der Waals surface area contributed by atoms with Crippen LogP contribution < -0.4 is 10.9 Å². The third-order valence-electron chi connectivity index (χ3n) is 5.13. The fraction of sp³-hybridized carbons (Fsp3) is 0.227. The zero-order valence-electron chi connectivity index (χ0n) is 17.0. The van der Waals surface area contributed by atoms with Crippen LogP contribution in [-0.2, 0) is 6.54 Å². The molecule has 0 saturated heterocycles. The van der Waals surface area contributed by atoms with Crippen LogP contribution in [0.4, 0.5) is 14.6 Å². The first-order valence-corrected chi connectivity index (χ1v) is 9.74. The summed E-state index contributed by atoms with van der Waals surface area (Å²) in [5.74, 6) is -0.633. The maximum absolute atomic E-state index is 14.7. The standard InChI is InChI=1S/C22H21F2N5O2/c1-13(12-30)27-21-14(2)20(18(24)10-25-21)28-8-7-19-16(22(28)31)9-26-29(19)11-15-5-3-4-6-17(15)23/h3-10,13,30H,11-12H2,1-2H3,(H,25,27). The molecule has 4 rings (SSSR count). The number of aliphatic hydroxyl groups excluding tert-OH is 1. The van der Waals surface area contributed by atoms with Crippen molar-refractivity contribution in [1.82, 2.24) is 19.3 Å². The average Bonchev–Trinajstić information content (AvgIpc) is 3.17. The van der Waals surface area contributed by atoms with Crippen molar-refractivity contribution in [3.8, 4) is 5.69 Å². The molecule has 1 atom stereocenters. The first-order chi connectivity index (χ1) is 14.9. The van der Waals surface area contributed by atoms with Gasteiger partial charge >= 0.3 is 0 Å². The van der Waals surface area contributed by atoms with Crippen LogP contribution in [0.3, 0.4) is 0 Å². The Morgan fingerprint density at radius 3 is 2.68 bits per heavy atom. The number of benzene rings is 1. The molecule has 4 aromatic rings. The molecule has 31 heavy (non-hydrogen) atoms. The van der Waals surface area contributed by atoms with E-state index in [4.69, 9.17) is 0 Å². The van der Waals surface area contributed by atoms with Crippen LogP contribution in [0, 0.1) is 18.6 Å². The Balaban J connectivity index is 1.79. The van der Waals surface area contributed by atoms with Crippen molar-refractivity contribution in [2.75, 3.05) is 11.9 Å². The number of hydrogen-bond donors (Lipinski definition) is 2. The van der Waals surface area contributed by atoms with E-state index in [1.807, 2.05) is 0 Å². The lowest BCUT2D eigenvalue weighted by Gasteiger charge is -2.17. The molecular formula is C22H21F2N5O2. The Labute approximate surface area is 176 Å². The summed E-state index contributed by atoms with van der Waals surface area (Å²) < 4.78 is 31.4. The maximum atomic E-state index is 14.7. The van der Waals surface area contributed by atoms with Gasteiger partial charge in [0.2, 0.25) is 0 Å². The molecule has 160 valence electrons. The third kappa shape index (κ3) is 3.79. The summed E-state index contributed by atoms with van der Waals surface area (Å²) in [4.78, 5) is 17.2. The number of rotatable bonds is 6. The van der Waals surface area contributed by atoms with Gasteiger partial charge in [0.05, 0.1) is 42.1 Å². The zero-order chi connectivity index (χ0) is 22.1. The highest BCUT2D eigenvalue weighted by molar-refractivity contribution is 5.78. The minimum atomic E-state index is -0.653. The fourth-order valence-electron chi connectivity index (χ4n) is 3.46. The maximum Gasteiger partial charge on any atom is 0.266 e. The monoisotopic (exact) mass is 425 g/mol. The Bertz CT molecular complexity index is 1320. The van der Waals surface area contributed by atoms with Gasteiger partial charge in [-0.1, -0.05) is 18.2 Å². The molecule has 7 nitrogen and oxygen atoms in total. The van der Waals surface area contributed by atoms with Gasteiger partial charge in [0.25, 0.3) is 5.56 Å². The minimum absolute atomic E-state index is 0.0661. The number of hydrogen-bond acceptors (Lipinski definition) is 5. The molecule has 2 N–H and O–H groups in total. The van der Waals surface area contributed by atoms with Crippen LogP contribution in [0.2, 0.25) is 0 Å². The summed E-state index contributed by atoms with van der Waals surface area (Å²) >= 11 is 0. The van der Waals surface area contributed by atoms with Crippen LogP contribution in [0.15, 0.2) is 53.7 Å². The van der Waals surface area contributed by atoms with Gasteiger partial charge in [0.1, 0.15) is 11.6 Å². The first kappa shape index (κ1) is 20.7. The van der Waals surface area contributed by atoms with E-state index < -0.39 is 11.4 Å². The molecule has 0 saturated carbocycles. The van der Waals surface area contributed by atoms with Crippen molar-refractivity contribution in [2.45, 2.75) is 26.4 Å². The van der Waals surface area contributed by atoms with Gasteiger partial charge in [-0.3, -0.25) is 14.0 Å². The van der Waals surface area contributed by atoms with Crippen LogP contribution in [0.5, 0.6) is 0 Å². The summed E-state index contributed by atoms with van der Waals surface area (Å²) in [5, 5.41) is 16.8. The predicted molar refractivity (Wildman–Crippen MR) is 113 cm³/mol. The Hall–Kier alpha value is -3.59. The average molecular weight is 425 g/mol. The summed E-state index contributed by atoms with van der Waals surface area (Å²) in [6, 6.07) is 7.71. The molecule has 3 heterocycles. The van der Waals surface area contributed by atoms with Gasteiger partial charge in [0.15, 0.2) is 5.82 Å². The highest BCUT2D eigenvalue weighted by Gasteiger charge is 2.18. The lowest BCUT2D eigenvalue weighted by molar-refractivity contribution is 0.281. The third-order valence-corrected chi connectivity index (χ3v) is 5.13.